The highest BCUT2D eigenvalue weighted by Gasteiger charge is 2.30. The predicted molar refractivity (Wildman–Crippen MR) is 332 cm³/mol. The van der Waals surface area contributed by atoms with Crippen LogP contribution in [0.3, 0.4) is 0 Å². The van der Waals surface area contributed by atoms with E-state index in [0.29, 0.717) is 23.9 Å². The number of likely N-dealkylation sites (N-methyl/N-ethyl adjacent to an activating group) is 1. The van der Waals surface area contributed by atoms with Crippen LogP contribution in [-0.4, -0.2) is 74.3 Å². The molecule has 0 saturated heterocycles. The van der Waals surface area contributed by atoms with E-state index in [1.165, 1.54) is 109 Å². The Kier molecular flexibility index (Phi) is 53.5. The van der Waals surface area contributed by atoms with E-state index in [0.717, 1.165) is 103 Å². The number of hydrogen-bond acceptors (Lipinski definition) is 6. The monoisotopic (exact) mass is 1090 g/mol. The van der Waals surface area contributed by atoms with Crippen molar-refractivity contribution in [3.05, 3.63) is 109 Å². The molecule has 0 fully saturated rings. The molecule has 0 heterocycles. The molecule has 0 aromatic carbocycles. The molecule has 0 aromatic rings. The van der Waals surface area contributed by atoms with Gasteiger partial charge in [-0.15, -0.1) is 0 Å². The zero-order valence-corrected chi connectivity index (χ0v) is 51.3. The van der Waals surface area contributed by atoms with Crippen molar-refractivity contribution < 1.29 is 37.3 Å². The molecule has 2 N–H and O–H groups in total. The van der Waals surface area contributed by atoms with Gasteiger partial charge in [-0.05, 0) is 109 Å². The maximum atomic E-state index is 13.6. The van der Waals surface area contributed by atoms with Crippen molar-refractivity contribution in [2.24, 2.45) is 0 Å². The summed E-state index contributed by atoms with van der Waals surface area (Å²) in [6.07, 6.45) is 76.6. The lowest BCUT2D eigenvalue weighted by molar-refractivity contribution is -0.870. The van der Waals surface area contributed by atoms with Gasteiger partial charge in [-0.2, -0.15) is 0 Å². The van der Waals surface area contributed by atoms with Gasteiger partial charge in [-0.1, -0.05) is 240 Å². The second-order valence-electron chi connectivity index (χ2n) is 21.8. The van der Waals surface area contributed by atoms with E-state index in [1.54, 1.807) is 0 Å². The number of amides is 1. The summed E-state index contributed by atoms with van der Waals surface area (Å²) in [7, 11) is 1.45. The van der Waals surface area contributed by atoms with Crippen LogP contribution in [0.2, 0.25) is 0 Å². The molecule has 0 bridgehead atoms. The molecule has 9 nitrogen and oxygen atoms in total. The van der Waals surface area contributed by atoms with Crippen molar-refractivity contribution >= 4 is 19.7 Å². The highest BCUT2D eigenvalue weighted by atomic mass is 31.2. The van der Waals surface area contributed by atoms with Gasteiger partial charge in [0.05, 0.1) is 33.8 Å². The van der Waals surface area contributed by atoms with Crippen molar-refractivity contribution in [1.82, 2.24) is 5.32 Å². The normalized spacial score (nSPS) is 14.4. The Bertz CT molecular complexity index is 1690. The van der Waals surface area contributed by atoms with Crippen molar-refractivity contribution in [2.75, 3.05) is 40.9 Å². The number of rotatable bonds is 55. The van der Waals surface area contributed by atoms with Gasteiger partial charge >= 0.3 is 13.8 Å². The van der Waals surface area contributed by atoms with Crippen LogP contribution in [0.1, 0.15) is 252 Å². The van der Waals surface area contributed by atoms with Crippen molar-refractivity contribution in [1.29, 1.82) is 0 Å². The van der Waals surface area contributed by atoms with E-state index in [4.69, 9.17) is 13.8 Å². The zero-order chi connectivity index (χ0) is 56.4. The van der Waals surface area contributed by atoms with Crippen molar-refractivity contribution in [3.8, 4) is 0 Å². The van der Waals surface area contributed by atoms with E-state index in [9.17, 15) is 19.0 Å². The van der Waals surface area contributed by atoms with Crippen LogP contribution in [0.25, 0.3) is 0 Å². The molecule has 0 saturated carbocycles. The quantitative estimate of drug-likeness (QED) is 0.0205. The van der Waals surface area contributed by atoms with Gasteiger partial charge in [0.2, 0.25) is 5.91 Å². The van der Waals surface area contributed by atoms with Crippen LogP contribution < -0.4 is 5.32 Å². The minimum Gasteiger partial charge on any atom is -0.456 e. The van der Waals surface area contributed by atoms with Gasteiger partial charge in [0, 0.05) is 12.8 Å². The van der Waals surface area contributed by atoms with Crippen molar-refractivity contribution in [3.63, 3.8) is 0 Å². The van der Waals surface area contributed by atoms with E-state index in [1.807, 2.05) is 33.3 Å². The second kappa shape index (κ2) is 56.0. The predicted octanol–water partition coefficient (Wildman–Crippen LogP) is 19.3. The summed E-state index contributed by atoms with van der Waals surface area (Å²) < 4.78 is 30.7. The molecule has 3 atom stereocenters. The Hall–Kier alpha value is -3.33. The molecule has 0 aromatic heterocycles. The molecule has 1 amide bonds. The molecule has 0 radical (unpaired) electrons. The van der Waals surface area contributed by atoms with E-state index >= 15 is 0 Å². The Morgan fingerprint density at radius 3 is 1.30 bits per heavy atom. The van der Waals surface area contributed by atoms with Gasteiger partial charge in [0.25, 0.3) is 0 Å². The fourth-order valence-corrected chi connectivity index (χ4v) is 9.13. The third-order valence-corrected chi connectivity index (χ3v) is 14.2. The number of quaternary nitrogens is 1. The van der Waals surface area contributed by atoms with E-state index < -0.39 is 20.0 Å². The lowest BCUT2D eigenvalue weighted by Gasteiger charge is -2.27. The number of carbonyl (C=O) groups is 2. The van der Waals surface area contributed by atoms with Gasteiger partial charge in [-0.3, -0.25) is 18.6 Å². The molecule has 442 valence electrons. The number of carbonyl (C=O) groups excluding carboxylic acids is 2. The maximum Gasteiger partial charge on any atom is 0.472 e. The molecule has 0 rings (SSSR count). The number of phosphoric acid groups is 1. The Labute approximate surface area is 474 Å². The van der Waals surface area contributed by atoms with Crippen LogP contribution in [0, 0.1) is 0 Å². The van der Waals surface area contributed by atoms with E-state index in [2.05, 4.69) is 123 Å². The maximum absolute atomic E-state index is 13.6. The Morgan fingerprint density at radius 1 is 0.468 bits per heavy atom. The summed E-state index contributed by atoms with van der Waals surface area (Å²) in [6, 6.07) is -0.882. The molecule has 3 unspecified atom stereocenters. The van der Waals surface area contributed by atoms with Gasteiger partial charge < -0.3 is 19.4 Å². The number of ether oxygens (including phenoxy) is 1. The summed E-state index contributed by atoms with van der Waals surface area (Å²) in [5.41, 5.74) is 0. The molecule has 0 aliphatic carbocycles. The van der Waals surface area contributed by atoms with Gasteiger partial charge in [0.1, 0.15) is 19.3 Å². The standard InChI is InChI=1S/C67H117N2O7P/c1-7-10-13-16-19-22-25-28-30-32-33-34-35-37-38-41-44-47-50-53-56-59-66(70)68-64(63-75-77(72,73)74-62-61-69(4,5)6)65(58-55-52-49-46-43-40-27-24-21-18-15-12-9-3)76-67(71)60-57-54-51-48-45-42-39-36-31-29-26-23-20-17-14-11-8-2/h11,14,19-20,22-23,28-31,33-34,39,42,48,51,55,58,64-65H,7-10,12-13,15-18,21,24-27,32,35-38,40-41,43-47,49-50,52-54,56-57,59-63H2,1-6H3,(H-,68,70,72,73)/p+1/b14-11-,22-19-,23-20-,30-28-,31-29-,34-33-,42-39-,51-48-,58-55-. The number of nitrogens with one attached hydrogen (secondary N) is 1. The number of unbranched alkanes of at least 4 members (excludes halogenated alkanes) is 23. The fourth-order valence-electron chi connectivity index (χ4n) is 8.39. The highest BCUT2D eigenvalue weighted by Crippen LogP contribution is 2.43. The Morgan fingerprint density at radius 2 is 0.844 bits per heavy atom. The molecule has 0 aliphatic rings. The topological polar surface area (TPSA) is 111 Å². The lowest BCUT2D eigenvalue weighted by atomic mass is 10.0. The summed E-state index contributed by atoms with van der Waals surface area (Å²) in [4.78, 5) is 37.7. The Balaban J connectivity index is 5.37. The first-order valence-corrected chi connectivity index (χ1v) is 32.7. The number of esters is 1. The number of nitrogens with zero attached hydrogens (tertiary/aromatic N) is 1. The fraction of sp³-hybridized carbons (Fsp3) is 0.701. The van der Waals surface area contributed by atoms with Crippen LogP contribution in [0.15, 0.2) is 109 Å². The largest absolute Gasteiger partial charge is 0.472 e. The summed E-state index contributed by atoms with van der Waals surface area (Å²) in [5.74, 6) is -0.586. The average molecular weight is 1090 g/mol. The smallest absolute Gasteiger partial charge is 0.456 e. The minimum atomic E-state index is -4.47. The van der Waals surface area contributed by atoms with Crippen LogP contribution >= 0.6 is 7.82 Å². The number of allylic oxidation sites excluding steroid dienone is 17. The summed E-state index contributed by atoms with van der Waals surface area (Å²) in [5, 5.41) is 3.04. The van der Waals surface area contributed by atoms with Crippen LogP contribution in [-0.2, 0) is 27.9 Å². The average Bonchev–Trinajstić information content (AvgIpc) is 3.39. The molecular formula is C67H118N2O7P+. The third kappa shape index (κ3) is 57.2. The molecule has 77 heavy (non-hydrogen) atoms. The molecule has 0 aliphatic heterocycles. The summed E-state index contributed by atoms with van der Waals surface area (Å²) >= 11 is 0. The first kappa shape index (κ1) is 73.7. The van der Waals surface area contributed by atoms with Gasteiger partial charge in [-0.25, -0.2) is 4.57 Å². The first-order valence-electron chi connectivity index (χ1n) is 31.2. The zero-order valence-electron chi connectivity index (χ0n) is 50.4. The molecular weight excluding hydrogens is 976 g/mol. The highest BCUT2D eigenvalue weighted by molar-refractivity contribution is 7.47. The number of hydrogen-bond donors (Lipinski definition) is 2. The van der Waals surface area contributed by atoms with E-state index in [-0.39, 0.29) is 31.5 Å². The third-order valence-electron chi connectivity index (χ3n) is 13.2. The SMILES string of the molecule is CC/C=C\C/C=C\C/C=C\C/C=C\C/C=C\CCCC(=O)OC(/C=C\CCCCCCCCCCCCC)C(COP(=O)(O)OCC[N+](C)(C)C)NC(=O)CCCCCCCCCC/C=C\C/C=C\C/C=C\CCCCC. The van der Waals surface area contributed by atoms with Crippen LogP contribution in [0.5, 0.6) is 0 Å². The molecule has 0 spiro atoms. The first-order chi connectivity index (χ1) is 37.4. The molecule has 10 heteroatoms. The minimum absolute atomic E-state index is 0.0245. The lowest BCUT2D eigenvalue weighted by Crippen LogP contribution is -2.47. The number of phosphoric ester groups is 1. The second-order valence-corrected chi connectivity index (χ2v) is 23.3. The van der Waals surface area contributed by atoms with Gasteiger partial charge in [0.15, 0.2) is 0 Å². The van der Waals surface area contributed by atoms with Crippen LogP contribution in [0.4, 0.5) is 0 Å². The summed E-state index contributed by atoms with van der Waals surface area (Å²) in [6.45, 7) is 6.82. The van der Waals surface area contributed by atoms with Crippen molar-refractivity contribution in [2.45, 2.75) is 264 Å².